The molecule has 4 aromatic rings. The van der Waals surface area contributed by atoms with Crippen LogP contribution in [0.2, 0.25) is 0 Å². The second-order valence-corrected chi connectivity index (χ2v) is 7.81. The van der Waals surface area contributed by atoms with E-state index in [1.54, 1.807) is 65.0 Å². The van der Waals surface area contributed by atoms with Crippen LogP contribution in [-0.2, 0) is 4.79 Å². The summed E-state index contributed by atoms with van der Waals surface area (Å²) in [4.78, 5) is 12.7. The molecule has 0 unspecified atom stereocenters. The molecule has 0 saturated heterocycles. The second kappa shape index (κ2) is 10.3. The predicted octanol–water partition coefficient (Wildman–Crippen LogP) is 6.18. The molecule has 1 amide bonds. The highest BCUT2D eigenvalue weighted by Crippen LogP contribution is 2.39. The summed E-state index contributed by atoms with van der Waals surface area (Å²) in [6.45, 7) is 1.87. The maximum absolute atomic E-state index is 12.7. The van der Waals surface area contributed by atoms with Crippen LogP contribution < -0.4 is 24.3 Å². The number of hydrogen-bond donors (Lipinski definition) is 1. The smallest absolute Gasteiger partial charge is 0.248 e. The van der Waals surface area contributed by atoms with E-state index >= 15 is 0 Å². The summed E-state index contributed by atoms with van der Waals surface area (Å²) in [6, 6.07) is 16.6. The minimum atomic E-state index is -0.248. The monoisotopic (exact) mass is 473 g/mol. The van der Waals surface area contributed by atoms with E-state index < -0.39 is 0 Å². The van der Waals surface area contributed by atoms with Gasteiger partial charge in [0.1, 0.15) is 17.1 Å². The molecule has 0 spiro atoms. The van der Waals surface area contributed by atoms with Crippen LogP contribution in [0.4, 0.5) is 5.69 Å². The Kier molecular flexibility index (Phi) is 6.96. The molecule has 0 bridgehead atoms. The third-order valence-corrected chi connectivity index (χ3v) is 5.72. The van der Waals surface area contributed by atoms with Gasteiger partial charge < -0.3 is 28.7 Å². The second-order valence-electron chi connectivity index (χ2n) is 7.81. The van der Waals surface area contributed by atoms with Crippen LogP contribution in [0, 0.1) is 0 Å². The lowest BCUT2D eigenvalue weighted by atomic mass is 9.99. The van der Waals surface area contributed by atoms with Crippen molar-refractivity contribution in [3.63, 3.8) is 0 Å². The number of ether oxygens (including phenoxy) is 4. The minimum absolute atomic E-state index is 0.248. The number of benzene rings is 3. The summed E-state index contributed by atoms with van der Waals surface area (Å²) < 4.78 is 27.4. The quantitative estimate of drug-likeness (QED) is 0.308. The van der Waals surface area contributed by atoms with E-state index in [-0.39, 0.29) is 5.91 Å². The molecule has 35 heavy (non-hydrogen) atoms. The molecule has 1 N–H and O–H groups in total. The lowest BCUT2D eigenvalue weighted by molar-refractivity contribution is -0.111. The van der Waals surface area contributed by atoms with Crippen LogP contribution in [0.3, 0.4) is 0 Å². The van der Waals surface area contributed by atoms with Gasteiger partial charge in [0.2, 0.25) is 5.91 Å². The Labute approximate surface area is 203 Å². The molecular weight excluding hydrogens is 446 g/mol. The third kappa shape index (κ3) is 4.94. The first-order valence-corrected chi connectivity index (χ1v) is 10.9. The van der Waals surface area contributed by atoms with Gasteiger partial charge in [0.25, 0.3) is 0 Å². The fourth-order valence-corrected chi connectivity index (χ4v) is 3.89. The highest BCUT2D eigenvalue weighted by Gasteiger charge is 2.16. The molecule has 0 radical (unpaired) electrons. The van der Waals surface area contributed by atoms with Crippen molar-refractivity contribution in [2.45, 2.75) is 6.92 Å². The molecule has 4 rings (SSSR count). The summed E-state index contributed by atoms with van der Waals surface area (Å²) in [5, 5.41) is 3.75. The van der Waals surface area contributed by atoms with Gasteiger partial charge in [0.15, 0.2) is 11.5 Å². The standard InChI is InChI=1S/C28H27NO6/c1-17(12-28(30)29-19-7-9-20(31-2)10-8-19)21-14-22-23(16-35-26(22)15-25(21)33-4)18-6-11-24(32-3)27(13-18)34-5/h6-16H,1-5H3,(H,29,30)/b17-12+. The fraction of sp³-hybridized carbons (Fsp3) is 0.179. The molecule has 1 heterocycles. The van der Waals surface area contributed by atoms with E-state index in [4.69, 9.17) is 23.4 Å². The number of carbonyl (C=O) groups excluding carboxylic acids is 1. The summed E-state index contributed by atoms with van der Waals surface area (Å²) in [7, 11) is 6.39. The number of amides is 1. The summed E-state index contributed by atoms with van der Waals surface area (Å²) in [5.74, 6) is 2.35. The van der Waals surface area contributed by atoms with Gasteiger partial charge >= 0.3 is 0 Å². The van der Waals surface area contributed by atoms with Crippen molar-refractivity contribution in [2.24, 2.45) is 0 Å². The molecule has 0 aliphatic rings. The zero-order chi connectivity index (χ0) is 24.9. The number of rotatable bonds is 8. The topological polar surface area (TPSA) is 79.2 Å². The number of hydrogen-bond acceptors (Lipinski definition) is 6. The van der Waals surface area contributed by atoms with Crippen molar-refractivity contribution < 1.29 is 28.2 Å². The van der Waals surface area contributed by atoms with Crippen LogP contribution in [-0.4, -0.2) is 34.3 Å². The molecule has 3 aromatic carbocycles. The summed E-state index contributed by atoms with van der Waals surface area (Å²) in [5.41, 5.74) is 4.68. The maximum Gasteiger partial charge on any atom is 0.248 e. The van der Waals surface area contributed by atoms with Crippen LogP contribution in [0.1, 0.15) is 12.5 Å². The Morgan fingerprint density at radius 2 is 1.54 bits per heavy atom. The molecule has 7 nitrogen and oxygen atoms in total. The summed E-state index contributed by atoms with van der Waals surface area (Å²) in [6.07, 6.45) is 3.24. The number of furan rings is 1. The number of carbonyl (C=O) groups is 1. The van der Waals surface area contributed by atoms with E-state index in [0.29, 0.717) is 28.5 Å². The molecule has 1 aromatic heterocycles. The molecule has 7 heteroatoms. The predicted molar refractivity (Wildman–Crippen MR) is 137 cm³/mol. The highest BCUT2D eigenvalue weighted by molar-refractivity contribution is 6.05. The molecule has 0 atom stereocenters. The van der Waals surface area contributed by atoms with Crippen LogP contribution >= 0.6 is 0 Å². The molecule has 0 aliphatic heterocycles. The van der Waals surface area contributed by atoms with E-state index in [0.717, 1.165) is 33.4 Å². The highest BCUT2D eigenvalue weighted by atomic mass is 16.5. The van der Waals surface area contributed by atoms with Crippen LogP contribution in [0.15, 0.2) is 71.4 Å². The van der Waals surface area contributed by atoms with E-state index in [2.05, 4.69) is 5.32 Å². The number of methoxy groups -OCH3 is 4. The Bertz CT molecular complexity index is 1380. The largest absolute Gasteiger partial charge is 0.497 e. The average Bonchev–Trinajstić information content (AvgIpc) is 3.30. The van der Waals surface area contributed by atoms with E-state index in [1.807, 2.05) is 37.3 Å². The fourth-order valence-electron chi connectivity index (χ4n) is 3.89. The first-order chi connectivity index (χ1) is 17.0. The molecule has 0 saturated carbocycles. The van der Waals surface area contributed by atoms with E-state index in [1.165, 1.54) is 0 Å². The Balaban J connectivity index is 1.69. The van der Waals surface area contributed by atoms with Gasteiger partial charge in [-0.3, -0.25) is 4.79 Å². The van der Waals surface area contributed by atoms with Crippen LogP contribution in [0.25, 0.3) is 27.7 Å². The van der Waals surface area contributed by atoms with Gasteiger partial charge in [-0.1, -0.05) is 6.07 Å². The number of anilines is 1. The molecule has 180 valence electrons. The van der Waals surface area contributed by atoms with Crippen molar-refractivity contribution in [3.05, 3.63) is 72.5 Å². The Morgan fingerprint density at radius 1 is 0.829 bits per heavy atom. The lowest BCUT2D eigenvalue weighted by Gasteiger charge is -2.11. The van der Waals surface area contributed by atoms with Crippen molar-refractivity contribution in [3.8, 4) is 34.1 Å². The molecule has 0 aliphatic carbocycles. The Morgan fingerprint density at radius 3 is 2.20 bits per heavy atom. The number of fused-ring (bicyclic) bond motifs is 1. The molecular formula is C28H27NO6. The van der Waals surface area contributed by atoms with Crippen molar-refractivity contribution >= 4 is 28.1 Å². The molecule has 0 fully saturated rings. The Hall–Kier alpha value is -4.39. The van der Waals surface area contributed by atoms with Gasteiger partial charge in [-0.2, -0.15) is 0 Å². The first kappa shape index (κ1) is 23.8. The normalized spacial score (nSPS) is 11.3. The summed E-state index contributed by atoms with van der Waals surface area (Å²) >= 11 is 0. The van der Waals surface area contributed by atoms with Crippen LogP contribution in [0.5, 0.6) is 23.0 Å². The van der Waals surface area contributed by atoms with Crippen molar-refractivity contribution in [1.29, 1.82) is 0 Å². The lowest BCUT2D eigenvalue weighted by Crippen LogP contribution is -2.08. The average molecular weight is 474 g/mol. The van der Waals surface area contributed by atoms with Gasteiger partial charge in [0.05, 0.1) is 34.7 Å². The van der Waals surface area contributed by atoms with Crippen molar-refractivity contribution in [1.82, 2.24) is 0 Å². The zero-order valence-electron chi connectivity index (χ0n) is 20.3. The van der Waals surface area contributed by atoms with Crippen molar-refractivity contribution in [2.75, 3.05) is 33.8 Å². The van der Waals surface area contributed by atoms with Gasteiger partial charge in [-0.05, 0) is 60.5 Å². The van der Waals surface area contributed by atoms with E-state index in [9.17, 15) is 4.79 Å². The number of allylic oxidation sites excluding steroid dienone is 1. The third-order valence-electron chi connectivity index (χ3n) is 5.72. The zero-order valence-corrected chi connectivity index (χ0v) is 20.3. The number of nitrogens with one attached hydrogen (secondary N) is 1. The van der Waals surface area contributed by atoms with Gasteiger partial charge in [0, 0.05) is 34.3 Å². The maximum atomic E-state index is 12.7. The van der Waals surface area contributed by atoms with Gasteiger partial charge in [-0.15, -0.1) is 0 Å². The first-order valence-electron chi connectivity index (χ1n) is 10.9. The minimum Gasteiger partial charge on any atom is -0.497 e. The van der Waals surface area contributed by atoms with Gasteiger partial charge in [-0.25, -0.2) is 0 Å². The SMILES string of the molecule is COc1ccc(NC(=O)/C=C(\C)c2cc3c(-c4ccc(OC)c(OC)c4)coc3cc2OC)cc1.